The highest BCUT2D eigenvalue weighted by atomic mass is 19.4. The standard InChI is InChI=1S/C24H30F4N6O3/c25-20-22(30-9-15-7-8-33(11-19(15)36)18(12-35)21(29)37)31-13-32-23(20)34(17-5-6-17)10-14-1-3-16(4-2-14)24(26,27)28/h1-4,13,15,17-19,35-36H,5-12H2,(H2,29,37)(H,30,31,32)/t15-,18?,19+/m0/s1. The minimum Gasteiger partial charge on any atom is -0.394 e. The number of anilines is 2. The Kier molecular flexibility index (Phi) is 8.14. The van der Waals surface area contributed by atoms with Gasteiger partial charge in [-0.05, 0) is 43.5 Å². The minimum absolute atomic E-state index is 0.0235. The number of aliphatic hydroxyl groups is 2. The van der Waals surface area contributed by atoms with Gasteiger partial charge in [0, 0.05) is 31.6 Å². The number of β-amino-alcohol motifs (C(OH)–C–C–N with tert-alkyl or cyclic N) is 1. The topological polar surface area (TPSA) is 128 Å². The van der Waals surface area contributed by atoms with Crippen LogP contribution < -0.4 is 16.0 Å². The summed E-state index contributed by atoms with van der Waals surface area (Å²) in [5.41, 5.74) is 5.16. The fourth-order valence-corrected chi connectivity index (χ4v) is 4.58. The van der Waals surface area contributed by atoms with E-state index in [1.807, 2.05) is 0 Å². The molecule has 202 valence electrons. The smallest absolute Gasteiger partial charge is 0.394 e. The van der Waals surface area contributed by atoms with Crippen LogP contribution in [0, 0.1) is 11.7 Å². The zero-order chi connectivity index (χ0) is 26.7. The Hall–Kier alpha value is -3.03. The van der Waals surface area contributed by atoms with Gasteiger partial charge in [-0.3, -0.25) is 9.69 Å². The van der Waals surface area contributed by atoms with Crippen LogP contribution in [0.4, 0.5) is 29.2 Å². The molecule has 2 aromatic rings. The molecular weight excluding hydrogens is 496 g/mol. The fraction of sp³-hybridized carbons (Fsp3) is 0.542. The number of aliphatic hydroxyl groups excluding tert-OH is 2. The number of nitrogens with two attached hydrogens (primary N) is 1. The van der Waals surface area contributed by atoms with Crippen LogP contribution in [0.1, 0.15) is 30.4 Å². The van der Waals surface area contributed by atoms with Gasteiger partial charge in [0.05, 0.1) is 18.3 Å². The van der Waals surface area contributed by atoms with Crippen LogP contribution in [0.3, 0.4) is 0 Å². The maximum absolute atomic E-state index is 15.5. The van der Waals surface area contributed by atoms with Crippen molar-refractivity contribution in [3.8, 4) is 0 Å². The van der Waals surface area contributed by atoms with Gasteiger partial charge in [-0.25, -0.2) is 9.97 Å². The van der Waals surface area contributed by atoms with Gasteiger partial charge in [-0.1, -0.05) is 12.1 Å². The summed E-state index contributed by atoms with van der Waals surface area (Å²) >= 11 is 0. The third kappa shape index (κ3) is 6.46. The van der Waals surface area contributed by atoms with Crippen LogP contribution in [0.15, 0.2) is 30.6 Å². The predicted octanol–water partition coefficient (Wildman–Crippen LogP) is 1.74. The number of alkyl halides is 3. The summed E-state index contributed by atoms with van der Waals surface area (Å²) in [6.45, 7) is 0.534. The predicted molar refractivity (Wildman–Crippen MR) is 127 cm³/mol. The van der Waals surface area contributed by atoms with E-state index in [2.05, 4.69) is 15.3 Å². The number of primary amides is 1. The highest BCUT2D eigenvalue weighted by Gasteiger charge is 2.35. The van der Waals surface area contributed by atoms with Crippen LogP contribution in [0.25, 0.3) is 0 Å². The van der Waals surface area contributed by atoms with Crippen LogP contribution in [0.2, 0.25) is 0 Å². The number of benzene rings is 1. The van der Waals surface area contributed by atoms with Crippen molar-refractivity contribution < 1.29 is 32.6 Å². The number of hydrogen-bond acceptors (Lipinski definition) is 8. The number of halogens is 4. The second-order valence-electron chi connectivity index (χ2n) is 9.51. The summed E-state index contributed by atoms with van der Waals surface area (Å²) in [6, 6.07) is 3.92. The molecule has 37 heavy (non-hydrogen) atoms. The first kappa shape index (κ1) is 27.0. The maximum atomic E-state index is 15.5. The van der Waals surface area contributed by atoms with Crippen molar-refractivity contribution in [3.63, 3.8) is 0 Å². The summed E-state index contributed by atoms with van der Waals surface area (Å²) < 4.78 is 54.1. The molecule has 1 aliphatic carbocycles. The summed E-state index contributed by atoms with van der Waals surface area (Å²) in [5.74, 6) is -1.58. The van der Waals surface area contributed by atoms with E-state index in [9.17, 15) is 28.2 Å². The van der Waals surface area contributed by atoms with Gasteiger partial charge in [0.15, 0.2) is 11.6 Å². The Labute approximate surface area is 211 Å². The summed E-state index contributed by atoms with van der Waals surface area (Å²) in [7, 11) is 0. The minimum atomic E-state index is -4.43. The van der Waals surface area contributed by atoms with Gasteiger partial charge in [0.2, 0.25) is 11.7 Å². The van der Waals surface area contributed by atoms with Crippen molar-refractivity contribution in [2.24, 2.45) is 11.7 Å². The van der Waals surface area contributed by atoms with Crippen molar-refractivity contribution >= 4 is 17.5 Å². The molecule has 2 fully saturated rings. The lowest BCUT2D eigenvalue weighted by Crippen LogP contribution is -2.55. The Balaban J connectivity index is 1.42. The van der Waals surface area contributed by atoms with Crippen LogP contribution in [-0.4, -0.2) is 75.4 Å². The average Bonchev–Trinajstić information content (AvgIpc) is 3.68. The van der Waals surface area contributed by atoms with Crippen molar-refractivity contribution in [1.29, 1.82) is 0 Å². The Morgan fingerprint density at radius 3 is 2.49 bits per heavy atom. The van der Waals surface area contributed by atoms with E-state index < -0.39 is 42.2 Å². The number of piperidine rings is 1. The molecule has 0 spiro atoms. The van der Waals surface area contributed by atoms with Gasteiger partial charge in [-0.2, -0.15) is 17.6 Å². The van der Waals surface area contributed by atoms with E-state index in [4.69, 9.17) is 5.73 Å². The molecule has 0 bridgehead atoms. The Morgan fingerprint density at radius 2 is 1.92 bits per heavy atom. The van der Waals surface area contributed by atoms with Crippen molar-refractivity contribution in [2.45, 2.75) is 50.2 Å². The van der Waals surface area contributed by atoms with Gasteiger partial charge < -0.3 is 26.2 Å². The van der Waals surface area contributed by atoms with Crippen molar-refractivity contribution in [2.75, 3.05) is 36.5 Å². The van der Waals surface area contributed by atoms with Gasteiger partial charge in [0.25, 0.3) is 0 Å². The molecule has 1 unspecified atom stereocenters. The van der Waals surface area contributed by atoms with E-state index >= 15 is 4.39 Å². The van der Waals surface area contributed by atoms with Crippen molar-refractivity contribution in [3.05, 3.63) is 47.5 Å². The zero-order valence-electron chi connectivity index (χ0n) is 20.0. The monoisotopic (exact) mass is 526 g/mol. The number of rotatable bonds is 10. The molecule has 3 atom stereocenters. The molecule has 1 aromatic heterocycles. The molecule has 5 N–H and O–H groups in total. The van der Waals surface area contributed by atoms with Crippen LogP contribution >= 0.6 is 0 Å². The average molecular weight is 527 g/mol. The largest absolute Gasteiger partial charge is 0.416 e. The number of aromatic nitrogens is 2. The van der Waals surface area contributed by atoms with E-state index in [1.54, 1.807) is 9.80 Å². The molecule has 1 saturated carbocycles. The number of likely N-dealkylation sites (tertiary alicyclic amines) is 1. The SMILES string of the molecule is NC(=O)C(CO)N1CC[C@@H](CNc2ncnc(N(Cc3ccc(C(F)(F)F)cc3)C3CC3)c2F)[C@H](O)C1. The number of nitrogens with zero attached hydrogens (tertiary/aromatic N) is 4. The summed E-state index contributed by atoms with van der Waals surface area (Å²) in [4.78, 5) is 23.0. The molecule has 1 aromatic carbocycles. The third-order valence-corrected chi connectivity index (χ3v) is 6.89. The zero-order valence-corrected chi connectivity index (χ0v) is 20.0. The first-order valence-electron chi connectivity index (χ1n) is 12.1. The van der Waals surface area contributed by atoms with E-state index in [0.29, 0.717) is 18.5 Å². The molecule has 13 heteroatoms. The van der Waals surface area contributed by atoms with Crippen molar-refractivity contribution in [1.82, 2.24) is 14.9 Å². The molecule has 1 saturated heterocycles. The lowest BCUT2D eigenvalue weighted by atomic mass is 9.92. The number of nitrogens with one attached hydrogen (secondary N) is 1. The molecule has 9 nitrogen and oxygen atoms in total. The van der Waals surface area contributed by atoms with E-state index in [0.717, 1.165) is 25.0 Å². The summed E-state index contributed by atoms with van der Waals surface area (Å²) in [5, 5.41) is 22.9. The first-order valence-corrected chi connectivity index (χ1v) is 12.1. The van der Waals surface area contributed by atoms with Crippen LogP contribution in [0.5, 0.6) is 0 Å². The molecule has 2 heterocycles. The van der Waals surface area contributed by atoms with Gasteiger partial charge in [-0.15, -0.1) is 0 Å². The Bertz CT molecular complexity index is 1080. The molecular formula is C24H30F4N6O3. The second-order valence-corrected chi connectivity index (χ2v) is 9.51. The molecule has 4 rings (SSSR count). The highest BCUT2D eigenvalue weighted by molar-refractivity contribution is 5.80. The molecule has 2 aliphatic rings. The van der Waals surface area contributed by atoms with Crippen LogP contribution in [-0.2, 0) is 17.5 Å². The lowest BCUT2D eigenvalue weighted by Gasteiger charge is -2.38. The summed E-state index contributed by atoms with van der Waals surface area (Å²) in [6.07, 6.45) is -1.92. The number of carbonyl (C=O) groups excluding carboxylic acids is 1. The Morgan fingerprint density at radius 1 is 1.22 bits per heavy atom. The third-order valence-electron chi connectivity index (χ3n) is 6.89. The highest BCUT2D eigenvalue weighted by Crippen LogP contribution is 2.35. The number of amides is 1. The second kappa shape index (κ2) is 11.2. The molecule has 0 radical (unpaired) electrons. The maximum Gasteiger partial charge on any atom is 0.416 e. The fourth-order valence-electron chi connectivity index (χ4n) is 4.58. The van der Waals surface area contributed by atoms with Gasteiger partial charge in [0.1, 0.15) is 12.4 Å². The molecule has 1 aliphatic heterocycles. The number of hydrogen-bond donors (Lipinski definition) is 4. The molecule has 1 amide bonds. The first-order chi connectivity index (χ1) is 17.6. The van der Waals surface area contributed by atoms with E-state index in [1.165, 1.54) is 18.5 Å². The van der Waals surface area contributed by atoms with Gasteiger partial charge >= 0.3 is 6.18 Å². The number of carbonyl (C=O) groups is 1. The van der Waals surface area contributed by atoms with E-state index in [-0.39, 0.29) is 43.2 Å². The normalized spacial score (nSPS) is 21.5. The quantitative estimate of drug-likeness (QED) is 0.345. The lowest BCUT2D eigenvalue weighted by molar-refractivity contribution is -0.137.